The number of rotatable bonds is 1. The van der Waals surface area contributed by atoms with Crippen LogP contribution in [0.1, 0.15) is 5.56 Å². The lowest BCUT2D eigenvalue weighted by atomic mass is 10.1. The van der Waals surface area contributed by atoms with Gasteiger partial charge in [0.05, 0.1) is 18.2 Å². The minimum atomic E-state index is -4.33. The second-order valence-electron chi connectivity index (χ2n) is 5.37. The number of carbonyl (C=O) groups excluding carboxylic acids is 1. The monoisotopic (exact) mass is 299 g/mol. The zero-order valence-corrected chi connectivity index (χ0v) is 11.4. The molecule has 114 valence electrons. The summed E-state index contributed by atoms with van der Waals surface area (Å²) in [5.74, 6) is 0.0349. The molecule has 21 heavy (non-hydrogen) atoms. The van der Waals surface area contributed by atoms with E-state index >= 15 is 0 Å². The van der Waals surface area contributed by atoms with E-state index < -0.39 is 11.7 Å². The molecule has 2 fully saturated rings. The van der Waals surface area contributed by atoms with Crippen LogP contribution in [0, 0.1) is 0 Å². The van der Waals surface area contributed by atoms with E-state index in [0.717, 1.165) is 25.2 Å². The molecule has 2 heterocycles. The van der Waals surface area contributed by atoms with Crippen LogP contribution in [0.5, 0.6) is 0 Å². The number of amides is 1. The van der Waals surface area contributed by atoms with E-state index in [1.54, 1.807) is 0 Å². The molecule has 1 atom stereocenters. The van der Waals surface area contributed by atoms with Crippen molar-refractivity contribution in [2.24, 2.45) is 0 Å². The van der Waals surface area contributed by atoms with E-state index in [0.29, 0.717) is 18.8 Å². The van der Waals surface area contributed by atoms with Crippen LogP contribution in [-0.4, -0.2) is 49.6 Å². The molecule has 0 bridgehead atoms. The summed E-state index contributed by atoms with van der Waals surface area (Å²) >= 11 is 0. The first-order valence-corrected chi connectivity index (χ1v) is 6.87. The molecule has 1 N–H and O–H groups in total. The number of fused-ring (bicyclic) bond motifs is 1. The van der Waals surface area contributed by atoms with Crippen molar-refractivity contribution in [3.63, 3.8) is 0 Å². The Labute approximate surface area is 120 Å². The van der Waals surface area contributed by atoms with E-state index in [2.05, 4.69) is 5.32 Å². The molecule has 1 amide bonds. The molecule has 7 heteroatoms. The van der Waals surface area contributed by atoms with Gasteiger partial charge in [-0.3, -0.25) is 4.79 Å². The third-order valence-corrected chi connectivity index (χ3v) is 3.99. The molecule has 0 aromatic heterocycles. The molecule has 2 saturated heterocycles. The number of benzene rings is 1. The second-order valence-corrected chi connectivity index (χ2v) is 5.37. The van der Waals surface area contributed by atoms with Crippen LogP contribution in [0.25, 0.3) is 0 Å². The van der Waals surface area contributed by atoms with Gasteiger partial charge in [-0.05, 0) is 24.3 Å². The lowest BCUT2D eigenvalue weighted by molar-refractivity contribution is -0.137. The van der Waals surface area contributed by atoms with Crippen LogP contribution in [0.15, 0.2) is 24.3 Å². The lowest BCUT2D eigenvalue weighted by Crippen LogP contribution is -2.63. The van der Waals surface area contributed by atoms with E-state index in [1.165, 1.54) is 12.1 Å². The molecule has 1 aromatic carbocycles. The standard InChI is InChI=1S/C14H16F3N3O/c15-14(16,17)10-1-3-11(4-2-10)19-8-12-7-18-5-6-20(12)13(21)9-19/h1-4,12,18H,5-9H2. The fourth-order valence-electron chi connectivity index (χ4n) is 2.88. The Hall–Kier alpha value is -1.76. The average Bonchev–Trinajstić information content (AvgIpc) is 2.46. The van der Waals surface area contributed by atoms with Gasteiger partial charge in [0.25, 0.3) is 0 Å². The summed E-state index contributed by atoms with van der Waals surface area (Å²) in [6.07, 6.45) is -4.33. The van der Waals surface area contributed by atoms with Gasteiger partial charge in [0.1, 0.15) is 0 Å². The summed E-state index contributed by atoms with van der Waals surface area (Å²) in [5.41, 5.74) is -0.0166. The Morgan fingerprint density at radius 2 is 1.90 bits per heavy atom. The minimum Gasteiger partial charge on any atom is -0.360 e. The van der Waals surface area contributed by atoms with Crippen LogP contribution < -0.4 is 10.2 Å². The fourth-order valence-corrected chi connectivity index (χ4v) is 2.88. The van der Waals surface area contributed by atoms with E-state index in [1.807, 2.05) is 9.80 Å². The van der Waals surface area contributed by atoms with Crippen LogP contribution in [0.3, 0.4) is 0 Å². The Morgan fingerprint density at radius 3 is 2.57 bits per heavy atom. The number of hydrogen-bond donors (Lipinski definition) is 1. The fraction of sp³-hybridized carbons (Fsp3) is 0.500. The maximum atomic E-state index is 12.6. The predicted molar refractivity (Wildman–Crippen MR) is 72.0 cm³/mol. The second kappa shape index (κ2) is 5.22. The van der Waals surface area contributed by atoms with E-state index in [4.69, 9.17) is 0 Å². The van der Waals surface area contributed by atoms with Crippen LogP contribution in [-0.2, 0) is 11.0 Å². The highest BCUT2D eigenvalue weighted by Crippen LogP contribution is 2.31. The zero-order valence-electron chi connectivity index (χ0n) is 11.4. The average molecular weight is 299 g/mol. The predicted octanol–water partition coefficient (Wildman–Crippen LogP) is 1.33. The molecule has 1 unspecified atom stereocenters. The van der Waals surface area contributed by atoms with Crippen LogP contribution >= 0.6 is 0 Å². The van der Waals surface area contributed by atoms with Gasteiger partial charge >= 0.3 is 6.18 Å². The maximum Gasteiger partial charge on any atom is 0.416 e. The SMILES string of the molecule is O=C1CN(c2ccc(C(F)(F)F)cc2)CC2CNCCN12. The normalized spacial score (nSPS) is 23.2. The van der Waals surface area contributed by atoms with Gasteiger partial charge in [-0.25, -0.2) is 0 Å². The Bertz CT molecular complexity index is 529. The van der Waals surface area contributed by atoms with Gasteiger partial charge < -0.3 is 15.1 Å². The molecular weight excluding hydrogens is 283 g/mol. The topological polar surface area (TPSA) is 35.6 Å². The van der Waals surface area contributed by atoms with Crippen LogP contribution in [0.2, 0.25) is 0 Å². The molecular formula is C14H16F3N3O. The maximum absolute atomic E-state index is 12.6. The highest BCUT2D eigenvalue weighted by molar-refractivity contribution is 5.83. The first-order chi connectivity index (χ1) is 9.95. The number of anilines is 1. The third kappa shape index (κ3) is 2.83. The Morgan fingerprint density at radius 1 is 1.19 bits per heavy atom. The number of halogens is 3. The third-order valence-electron chi connectivity index (χ3n) is 3.99. The smallest absolute Gasteiger partial charge is 0.360 e. The number of carbonyl (C=O) groups is 1. The molecule has 3 rings (SSSR count). The highest BCUT2D eigenvalue weighted by atomic mass is 19.4. The van der Waals surface area contributed by atoms with Crippen molar-refractivity contribution in [3.8, 4) is 0 Å². The molecule has 0 spiro atoms. The summed E-state index contributed by atoms with van der Waals surface area (Å²) in [6, 6.07) is 5.07. The van der Waals surface area contributed by atoms with Gasteiger partial charge in [0.2, 0.25) is 5.91 Å². The molecule has 2 aliphatic heterocycles. The first-order valence-electron chi connectivity index (χ1n) is 6.87. The van der Waals surface area contributed by atoms with Gasteiger partial charge in [0.15, 0.2) is 0 Å². The zero-order chi connectivity index (χ0) is 15.0. The molecule has 0 saturated carbocycles. The Kier molecular flexibility index (Phi) is 3.52. The van der Waals surface area contributed by atoms with Crippen molar-refractivity contribution in [3.05, 3.63) is 29.8 Å². The van der Waals surface area contributed by atoms with Crippen molar-refractivity contribution in [1.82, 2.24) is 10.2 Å². The number of nitrogens with zero attached hydrogens (tertiary/aromatic N) is 2. The van der Waals surface area contributed by atoms with Gasteiger partial charge in [-0.2, -0.15) is 13.2 Å². The van der Waals surface area contributed by atoms with E-state index in [9.17, 15) is 18.0 Å². The number of nitrogens with one attached hydrogen (secondary N) is 1. The largest absolute Gasteiger partial charge is 0.416 e. The molecule has 0 radical (unpaired) electrons. The minimum absolute atomic E-state index is 0.0349. The van der Waals surface area contributed by atoms with Crippen molar-refractivity contribution in [2.45, 2.75) is 12.2 Å². The van der Waals surface area contributed by atoms with Crippen LogP contribution in [0.4, 0.5) is 18.9 Å². The van der Waals surface area contributed by atoms with Crippen molar-refractivity contribution >= 4 is 11.6 Å². The number of piperazine rings is 2. The summed E-state index contributed by atoms with van der Waals surface area (Å²) < 4.78 is 37.7. The quantitative estimate of drug-likeness (QED) is 0.850. The number of hydrogen-bond acceptors (Lipinski definition) is 3. The van der Waals surface area contributed by atoms with E-state index in [-0.39, 0.29) is 18.5 Å². The molecule has 4 nitrogen and oxygen atoms in total. The summed E-state index contributed by atoms with van der Waals surface area (Å²) in [6.45, 7) is 3.09. The highest BCUT2D eigenvalue weighted by Gasteiger charge is 2.34. The molecule has 2 aliphatic rings. The van der Waals surface area contributed by atoms with Gasteiger partial charge in [0, 0.05) is 31.9 Å². The molecule has 1 aromatic rings. The van der Waals surface area contributed by atoms with Gasteiger partial charge in [-0.15, -0.1) is 0 Å². The number of alkyl halides is 3. The Balaban J connectivity index is 1.76. The van der Waals surface area contributed by atoms with Crippen molar-refractivity contribution in [1.29, 1.82) is 0 Å². The summed E-state index contributed by atoms with van der Waals surface area (Å²) in [5, 5.41) is 3.24. The summed E-state index contributed by atoms with van der Waals surface area (Å²) in [4.78, 5) is 15.8. The van der Waals surface area contributed by atoms with Crippen molar-refractivity contribution in [2.75, 3.05) is 37.6 Å². The first kappa shape index (κ1) is 14.2. The summed E-state index contributed by atoms with van der Waals surface area (Å²) in [7, 11) is 0. The molecule has 0 aliphatic carbocycles. The van der Waals surface area contributed by atoms with Gasteiger partial charge in [-0.1, -0.05) is 0 Å². The van der Waals surface area contributed by atoms with Crippen molar-refractivity contribution < 1.29 is 18.0 Å². The lowest BCUT2D eigenvalue weighted by Gasteiger charge is -2.44.